The smallest absolute Gasteiger partial charge is 0.111 e. The third-order valence-electron chi connectivity index (χ3n) is 3.02. The monoisotopic (exact) mass is 266 g/mol. The standard InChI is InChI=1S/C17H18N2O/c18-11-16(12-19)17(15-9-5-2-6-10-15)20-13-14-7-3-1-4-8-14/h1-12,17-18H,13,19H2/b16-12+,18-11?. The van der Waals surface area contributed by atoms with Crippen LogP contribution in [0.2, 0.25) is 0 Å². The van der Waals surface area contributed by atoms with E-state index in [0.29, 0.717) is 12.2 Å². The Hall–Kier alpha value is -2.39. The molecule has 0 aliphatic heterocycles. The maximum atomic E-state index is 7.47. The summed E-state index contributed by atoms with van der Waals surface area (Å²) in [5.41, 5.74) is 8.32. The van der Waals surface area contributed by atoms with Gasteiger partial charge in [-0.3, -0.25) is 0 Å². The Labute approximate surface area is 119 Å². The van der Waals surface area contributed by atoms with Crippen LogP contribution in [0.3, 0.4) is 0 Å². The highest BCUT2D eigenvalue weighted by Crippen LogP contribution is 2.25. The Bertz CT molecular complexity index is 564. The second-order valence-electron chi connectivity index (χ2n) is 4.40. The van der Waals surface area contributed by atoms with E-state index in [1.165, 1.54) is 12.4 Å². The van der Waals surface area contributed by atoms with Gasteiger partial charge >= 0.3 is 0 Å². The van der Waals surface area contributed by atoms with E-state index in [9.17, 15) is 0 Å². The Kier molecular flexibility index (Phi) is 5.09. The first-order valence-electron chi connectivity index (χ1n) is 6.48. The van der Waals surface area contributed by atoms with Gasteiger partial charge in [-0.1, -0.05) is 60.7 Å². The zero-order valence-corrected chi connectivity index (χ0v) is 11.2. The van der Waals surface area contributed by atoms with Crippen molar-refractivity contribution in [2.75, 3.05) is 0 Å². The van der Waals surface area contributed by atoms with Gasteiger partial charge in [0.1, 0.15) is 6.10 Å². The lowest BCUT2D eigenvalue weighted by Crippen LogP contribution is -2.10. The van der Waals surface area contributed by atoms with Crippen LogP contribution in [0, 0.1) is 5.41 Å². The largest absolute Gasteiger partial charge is 0.404 e. The van der Waals surface area contributed by atoms with Crippen molar-refractivity contribution in [2.24, 2.45) is 5.73 Å². The molecule has 0 radical (unpaired) electrons. The van der Waals surface area contributed by atoms with E-state index in [4.69, 9.17) is 15.9 Å². The Morgan fingerprint density at radius 3 is 2.20 bits per heavy atom. The van der Waals surface area contributed by atoms with E-state index in [2.05, 4.69) is 0 Å². The first-order chi connectivity index (χ1) is 9.85. The SMILES string of the molecule is N=C/C(=C\N)C(OCc1ccccc1)c1ccccc1. The average Bonchev–Trinajstić information content (AvgIpc) is 2.53. The molecule has 2 rings (SSSR count). The molecule has 1 unspecified atom stereocenters. The van der Waals surface area contributed by atoms with Crippen LogP contribution in [0.25, 0.3) is 0 Å². The molecule has 0 spiro atoms. The van der Waals surface area contributed by atoms with E-state index in [1.54, 1.807) is 0 Å². The van der Waals surface area contributed by atoms with Crippen molar-refractivity contribution in [1.82, 2.24) is 0 Å². The molecule has 3 heteroatoms. The molecule has 0 bridgehead atoms. The van der Waals surface area contributed by atoms with Crippen LogP contribution in [0.5, 0.6) is 0 Å². The molecule has 0 fully saturated rings. The molecule has 0 aromatic heterocycles. The predicted molar refractivity (Wildman–Crippen MR) is 81.5 cm³/mol. The van der Waals surface area contributed by atoms with Crippen LogP contribution in [0.15, 0.2) is 72.4 Å². The molecule has 102 valence electrons. The van der Waals surface area contributed by atoms with E-state index < -0.39 is 0 Å². The Morgan fingerprint density at radius 1 is 1.05 bits per heavy atom. The van der Waals surface area contributed by atoms with Gasteiger partial charge in [-0.05, 0) is 11.1 Å². The first kappa shape index (κ1) is 14.0. The molecule has 0 aliphatic rings. The third kappa shape index (κ3) is 3.56. The molecule has 1 atom stereocenters. The zero-order chi connectivity index (χ0) is 14.2. The summed E-state index contributed by atoms with van der Waals surface area (Å²) in [5.74, 6) is 0. The van der Waals surface area contributed by atoms with Crippen molar-refractivity contribution < 1.29 is 4.74 Å². The van der Waals surface area contributed by atoms with Gasteiger partial charge in [0.05, 0.1) is 6.61 Å². The Balaban J connectivity index is 2.17. The van der Waals surface area contributed by atoms with Crippen molar-refractivity contribution >= 4 is 6.21 Å². The van der Waals surface area contributed by atoms with Crippen LogP contribution < -0.4 is 5.73 Å². The van der Waals surface area contributed by atoms with Gasteiger partial charge in [-0.2, -0.15) is 0 Å². The van der Waals surface area contributed by atoms with Gasteiger partial charge in [0, 0.05) is 18.0 Å². The average molecular weight is 266 g/mol. The quantitative estimate of drug-likeness (QED) is 0.787. The third-order valence-corrected chi connectivity index (χ3v) is 3.02. The number of nitrogens with one attached hydrogen (secondary N) is 1. The fourth-order valence-electron chi connectivity index (χ4n) is 1.98. The molecule has 2 aromatic carbocycles. The summed E-state index contributed by atoms with van der Waals surface area (Å²) < 4.78 is 5.96. The molecule has 0 aliphatic carbocycles. The number of hydrogen-bond acceptors (Lipinski definition) is 3. The minimum absolute atomic E-state index is 0.320. The van der Waals surface area contributed by atoms with E-state index in [0.717, 1.165) is 11.1 Å². The highest BCUT2D eigenvalue weighted by atomic mass is 16.5. The lowest BCUT2D eigenvalue weighted by molar-refractivity contribution is 0.0679. The second-order valence-corrected chi connectivity index (χ2v) is 4.40. The first-order valence-corrected chi connectivity index (χ1v) is 6.48. The summed E-state index contributed by atoms with van der Waals surface area (Å²) in [6.45, 7) is 0.478. The molecule has 3 N–H and O–H groups in total. The maximum Gasteiger partial charge on any atom is 0.111 e. The van der Waals surface area contributed by atoms with Crippen molar-refractivity contribution in [1.29, 1.82) is 5.41 Å². The maximum absolute atomic E-state index is 7.47. The van der Waals surface area contributed by atoms with Crippen molar-refractivity contribution in [3.63, 3.8) is 0 Å². The van der Waals surface area contributed by atoms with Gasteiger partial charge in [0.2, 0.25) is 0 Å². The van der Waals surface area contributed by atoms with Gasteiger partial charge in [-0.15, -0.1) is 0 Å². The molecule has 2 aromatic rings. The fraction of sp³-hybridized carbons (Fsp3) is 0.118. The van der Waals surface area contributed by atoms with Gasteiger partial charge in [0.15, 0.2) is 0 Å². The normalized spacial score (nSPS) is 12.9. The molecular weight excluding hydrogens is 248 g/mol. The van der Waals surface area contributed by atoms with Gasteiger partial charge in [-0.25, -0.2) is 0 Å². The molecule has 0 saturated heterocycles. The number of rotatable bonds is 6. The zero-order valence-electron chi connectivity index (χ0n) is 11.2. The molecule has 0 saturated carbocycles. The highest BCUT2D eigenvalue weighted by molar-refractivity contribution is 5.77. The summed E-state index contributed by atoms with van der Waals surface area (Å²) in [6.07, 6.45) is 2.34. The number of hydrogen-bond donors (Lipinski definition) is 2. The molecule has 0 heterocycles. The number of nitrogens with two attached hydrogens (primary N) is 1. The summed E-state index contributed by atoms with van der Waals surface area (Å²) in [6, 6.07) is 19.8. The van der Waals surface area contributed by atoms with Crippen LogP contribution in [0.1, 0.15) is 17.2 Å². The minimum atomic E-state index is -0.320. The molecule has 0 amide bonds. The van der Waals surface area contributed by atoms with Crippen LogP contribution in [-0.2, 0) is 11.3 Å². The summed E-state index contributed by atoms with van der Waals surface area (Å²) in [5, 5.41) is 7.47. The topological polar surface area (TPSA) is 59.1 Å². The number of benzene rings is 2. The van der Waals surface area contributed by atoms with E-state index in [1.807, 2.05) is 60.7 Å². The minimum Gasteiger partial charge on any atom is -0.404 e. The molecular formula is C17H18N2O. The van der Waals surface area contributed by atoms with Crippen LogP contribution in [0.4, 0.5) is 0 Å². The van der Waals surface area contributed by atoms with Crippen LogP contribution >= 0.6 is 0 Å². The summed E-state index contributed by atoms with van der Waals surface area (Å²) >= 11 is 0. The predicted octanol–water partition coefficient (Wildman–Crippen LogP) is 3.44. The molecule has 3 nitrogen and oxygen atoms in total. The summed E-state index contributed by atoms with van der Waals surface area (Å²) in [7, 11) is 0. The van der Waals surface area contributed by atoms with Gasteiger partial charge < -0.3 is 15.9 Å². The summed E-state index contributed by atoms with van der Waals surface area (Å²) in [4.78, 5) is 0. The number of ether oxygens (including phenoxy) is 1. The van der Waals surface area contributed by atoms with Crippen molar-refractivity contribution in [3.05, 3.63) is 83.6 Å². The van der Waals surface area contributed by atoms with Crippen molar-refractivity contribution in [2.45, 2.75) is 12.7 Å². The lowest BCUT2D eigenvalue weighted by Gasteiger charge is -2.19. The lowest BCUT2D eigenvalue weighted by atomic mass is 10.0. The van der Waals surface area contributed by atoms with Crippen LogP contribution in [-0.4, -0.2) is 6.21 Å². The second kappa shape index (κ2) is 7.26. The van der Waals surface area contributed by atoms with E-state index >= 15 is 0 Å². The fourth-order valence-corrected chi connectivity index (χ4v) is 1.98. The van der Waals surface area contributed by atoms with E-state index in [-0.39, 0.29) is 6.10 Å². The van der Waals surface area contributed by atoms with Gasteiger partial charge in [0.25, 0.3) is 0 Å². The molecule has 20 heavy (non-hydrogen) atoms. The van der Waals surface area contributed by atoms with Crippen molar-refractivity contribution in [3.8, 4) is 0 Å². The Morgan fingerprint density at radius 2 is 1.65 bits per heavy atom. The highest BCUT2D eigenvalue weighted by Gasteiger charge is 2.15.